The summed E-state index contributed by atoms with van der Waals surface area (Å²) in [7, 11) is -3.43. The lowest BCUT2D eigenvalue weighted by Gasteiger charge is -1.97. The Balaban J connectivity index is 1.94. The zero-order chi connectivity index (χ0) is 18.6. The first-order valence-corrected chi connectivity index (χ1v) is 11.9. The van der Waals surface area contributed by atoms with Gasteiger partial charge in [-0.15, -0.1) is 20.4 Å². The maximum Gasteiger partial charge on any atom is 0.252 e. The fourth-order valence-corrected chi connectivity index (χ4v) is 5.08. The van der Waals surface area contributed by atoms with Crippen molar-refractivity contribution in [1.82, 2.24) is 15.2 Å². The van der Waals surface area contributed by atoms with Crippen LogP contribution in [0.5, 0.6) is 0 Å². The summed E-state index contributed by atoms with van der Waals surface area (Å²) < 4.78 is 26.2. The second-order valence-corrected chi connectivity index (χ2v) is 10.1. The van der Waals surface area contributed by atoms with Crippen LogP contribution >= 0.6 is 34.4 Å². The quantitative estimate of drug-likeness (QED) is 0.438. The first kappa shape index (κ1) is 18.9. The molecule has 0 unspecified atom stereocenters. The monoisotopic (exact) mass is 426 g/mol. The number of thioether (sulfide) groups is 1. The highest BCUT2D eigenvalue weighted by molar-refractivity contribution is 8.01. The van der Waals surface area contributed by atoms with E-state index in [2.05, 4.69) is 30.1 Å². The first-order chi connectivity index (χ1) is 12.4. The molecule has 0 amide bonds. The predicted molar refractivity (Wildman–Crippen MR) is 106 cm³/mol. The summed E-state index contributed by atoms with van der Waals surface area (Å²) in [6.45, 7) is 2.03. The predicted octanol–water partition coefficient (Wildman–Crippen LogP) is 4.56. The molecule has 0 aliphatic carbocycles. The van der Waals surface area contributed by atoms with Crippen molar-refractivity contribution < 1.29 is 8.42 Å². The van der Waals surface area contributed by atoms with E-state index in [9.17, 15) is 8.42 Å². The molecule has 0 bridgehead atoms. The topological polar surface area (TPSA) is 110 Å². The van der Waals surface area contributed by atoms with Gasteiger partial charge < -0.3 is 0 Å². The molecule has 12 heteroatoms. The number of nitrogens with one attached hydrogen (secondary N) is 1. The van der Waals surface area contributed by atoms with E-state index in [0.717, 1.165) is 33.2 Å². The molecule has 26 heavy (non-hydrogen) atoms. The van der Waals surface area contributed by atoms with Gasteiger partial charge in [0.1, 0.15) is 5.69 Å². The van der Waals surface area contributed by atoms with Gasteiger partial charge in [-0.25, -0.2) is 13.4 Å². The second-order valence-electron chi connectivity index (χ2n) is 4.90. The Morgan fingerprint density at radius 1 is 1.15 bits per heavy atom. The molecule has 8 nitrogen and oxygen atoms in total. The number of thiazole rings is 1. The zero-order valence-electron chi connectivity index (χ0n) is 13.8. The normalized spacial score (nSPS) is 11.9. The third-order valence-corrected chi connectivity index (χ3v) is 6.19. The summed E-state index contributed by atoms with van der Waals surface area (Å²) in [5.74, 6) is 0.902. The maximum absolute atomic E-state index is 11.5. The van der Waals surface area contributed by atoms with Gasteiger partial charge in [0.05, 0.1) is 6.26 Å². The highest BCUT2D eigenvalue weighted by Crippen LogP contribution is 2.39. The van der Waals surface area contributed by atoms with Crippen LogP contribution in [0, 0.1) is 0 Å². The fraction of sp³-hybridized carbons (Fsp3) is 0.214. The highest BCUT2D eigenvalue weighted by Gasteiger charge is 2.15. The van der Waals surface area contributed by atoms with E-state index in [-0.39, 0.29) is 5.13 Å². The summed E-state index contributed by atoms with van der Waals surface area (Å²) in [6, 6.07) is 9.38. The van der Waals surface area contributed by atoms with Gasteiger partial charge in [-0.05, 0) is 5.75 Å². The number of anilines is 1. The molecule has 1 aromatic carbocycles. The lowest BCUT2D eigenvalue weighted by Crippen LogP contribution is -2.08. The van der Waals surface area contributed by atoms with Gasteiger partial charge in [0.25, 0.3) is 5.13 Å². The van der Waals surface area contributed by atoms with E-state index < -0.39 is 10.0 Å². The van der Waals surface area contributed by atoms with E-state index in [1.165, 1.54) is 11.3 Å². The van der Waals surface area contributed by atoms with Crippen LogP contribution in [-0.2, 0) is 10.0 Å². The van der Waals surface area contributed by atoms with E-state index in [1.54, 1.807) is 11.8 Å². The minimum Gasteiger partial charge on any atom is -0.259 e. The molecule has 1 N–H and O–H groups in total. The Bertz CT molecular complexity index is 1010. The van der Waals surface area contributed by atoms with Gasteiger partial charge >= 0.3 is 0 Å². The van der Waals surface area contributed by atoms with Gasteiger partial charge in [0.15, 0.2) is 14.5 Å². The molecular weight excluding hydrogens is 412 g/mol. The van der Waals surface area contributed by atoms with Crippen LogP contribution in [0.25, 0.3) is 11.3 Å². The van der Waals surface area contributed by atoms with Crippen LogP contribution < -0.4 is 4.72 Å². The van der Waals surface area contributed by atoms with Gasteiger partial charge in [-0.3, -0.25) is 4.72 Å². The van der Waals surface area contributed by atoms with Crippen molar-refractivity contribution in [2.45, 2.75) is 11.3 Å². The number of rotatable bonds is 7. The molecular formula is C14H14N6O2S4. The van der Waals surface area contributed by atoms with Gasteiger partial charge in [0.2, 0.25) is 10.0 Å². The van der Waals surface area contributed by atoms with E-state index >= 15 is 0 Å². The number of aromatic nitrogens is 3. The van der Waals surface area contributed by atoms with Crippen molar-refractivity contribution >= 4 is 59.7 Å². The number of hydrogen-bond acceptors (Lipinski definition) is 10. The Morgan fingerprint density at radius 3 is 2.62 bits per heavy atom. The Kier molecular flexibility index (Phi) is 5.96. The van der Waals surface area contributed by atoms with Crippen LogP contribution in [0.15, 0.2) is 44.9 Å². The van der Waals surface area contributed by atoms with Crippen LogP contribution in [0.4, 0.5) is 15.3 Å². The summed E-state index contributed by atoms with van der Waals surface area (Å²) in [5, 5.41) is 17.5. The average molecular weight is 427 g/mol. The zero-order valence-corrected chi connectivity index (χ0v) is 17.0. The average Bonchev–Trinajstić information content (AvgIpc) is 3.19. The molecule has 2 heterocycles. The van der Waals surface area contributed by atoms with Crippen molar-refractivity contribution in [1.29, 1.82) is 0 Å². The molecule has 0 atom stereocenters. The van der Waals surface area contributed by atoms with Gasteiger partial charge in [0, 0.05) is 5.56 Å². The van der Waals surface area contributed by atoms with Crippen molar-refractivity contribution in [3.8, 4) is 11.3 Å². The Morgan fingerprint density at radius 2 is 1.92 bits per heavy atom. The first-order valence-electron chi connectivity index (χ1n) is 7.36. The Labute approximate surface area is 162 Å². The molecule has 0 spiro atoms. The van der Waals surface area contributed by atoms with Crippen molar-refractivity contribution in [2.75, 3.05) is 16.7 Å². The van der Waals surface area contributed by atoms with Crippen LogP contribution in [0.2, 0.25) is 0 Å². The van der Waals surface area contributed by atoms with E-state index in [4.69, 9.17) is 0 Å². The maximum atomic E-state index is 11.5. The number of benzene rings is 1. The molecule has 136 valence electrons. The summed E-state index contributed by atoms with van der Waals surface area (Å²) in [4.78, 5) is 4.35. The van der Waals surface area contributed by atoms with Crippen molar-refractivity contribution in [2.24, 2.45) is 10.2 Å². The third-order valence-electron chi connectivity index (χ3n) is 2.82. The minimum absolute atomic E-state index is 0.236. The molecule has 0 aliphatic rings. The summed E-state index contributed by atoms with van der Waals surface area (Å²) in [5.41, 5.74) is 1.37. The van der Waals surface area contributed by atoms with Crippen molar-refractivity contribution in [3.05, 3.63) is 30.3 Å². The van der Waals surface area contributed by atoms with Crippen molar-refractivity contribution in [3.63, 3.8) is 0 Å². The molecule has 3 rings (SSSR count). The number of nitrogens with zero attached hydrogens (tertiary/aromatic N) is 5. The summed E-state index contributed by atoms with van der Waals surface area (Å²) >= 11 is 4.04. The number of sulfonamides is 1. The van der Waals surface area contributed by atoms with Crippen LogP contribution in [0.1, 0.15) is 6.92 Å². The van der Waals surface area contributed by atoms with Crippen LogP contribution in [0.3, 0.4) is 0 Å². The molecule has 0 fully saturated rings. The standard InChI is InChI=1S/C14H14N6O2S4/c1-3-23-14-19-18-13(25-14)17-16-11-10(9-7-5-4-6-8-9)15-12(24-11)20-26(2,21)22/h4-8H,3H2,1-2H3,(H,15,20)/b17-16+. The molecule has 0 saturated carbocycles. The number of azo groups is 1. The largest absolute Gasteiger partial charge is 0.259 e. The molecule has 2 aromatic heterocycles. The Hall–Kier alpha value is -1.89. The SMILES string of the molecule is CCSc1nnc(/N=N/c2sc(NS(C)(=O)=O)nc2-c2ccccc2)s1. The van der Waals surface area contributed by atoms with Gasteiger partial charge in [-0.2, -0.15) is 0 Å². The second kappa shape index (κ2) is 8.20. The molecule has 0 saturated heterocycles. The van der Waals surface area contributed by atoms with Crippen LogP contribution in [-0.4, -0.2) is 35.6 Å². The summed E-state index contributed by atoms with van der Waals surface area (Å²) in [6.07, 6.45) is 1.08. The number of hydrogen-bond donors (Lipinski definition) is 1. The lowest BCUT2D eigenvalue weighted by atomic mass is 10.2. The van der Waals surface area contributed by atoms with E-state index in [1.807, 2.05) is 37.3 Å². The molecule has 0 radical (unpaired) electrons. The lowest BCUT2D eigenvalue weighted by molar-refractivity contribution is 0.607. The fourth-order valence-electron chi connectivity index (χ4n) is 1.88. The van der Waals surface area contributed by atoms with Gasteiger partial charge in [-0.1, -0.05) is 71.7 Å². The smallest absolute Gasteiger partial charge is 0.252 e. The molecule has 3 aromatic rings. The highest BCUT2D eigenvalue weighted by atomic mass is 32.2. The van der Waals surface area contributed by atoms with E-state index in [0.29, 0.717) is 15.8 Å². The third kappa shape index (κ3) is 5.06. The minimum atomic E-state index is -3.43. The molecule has 0 aliphatic heterocycles.